The van der Waals surface area contributed by atoms with E-state index in [2.05, 4.69) is 29.6 Å². The van der Waals surface area contributed by atoms with Crippen LogP contribution in [0.4, 0.5) is 16.2 Å². The van der Waals surface area contributed by atoms with E-state index in [4.69, 9.17) is 10.5 Å². The van der Waals surface area contributed by atoms with E-state index >= 15 is 0 Å². The predicted molar refractivity (Wildman–Crippen MR) is 144 cm³/mol. The molecule has 1 heterocycles. The summed E-state index contributed by atoms with van der Waals surface area (Å²) in [6.45, 7) is 0.602. The Kier molecular flexibility index (Phi) is 5.85. The third-order valence-corrected chi connectivity index (χ3v) is 7.28. The van der Waals surface area contributed by atoms with Gasteiger partial charge < -0.3 is 15.8 Å². The molecule has 1 atom stereocenters. The lowest BCUT2D eigenvalue weighted by Gasteiger charge is -2.35. The second-order valence-corrected chi connectivity index (χ2v) is 9.46. The average Bonchev–Trinajstić information content (AvgIpc) is 3.26. The smallest absolute Gasteiger partial charge is 0.410 e. The van der Waals surface area contributed by atoms with Gasteiger partial charge in [-0.2, -0.15) is 0 Å². The van der Waals surface area contributed by atoms with Crippen molar-refractivity contribution in [2.75, 3.05) is 24.2 Å². The standard InChI is InChI=1S/C31H27N3O3/c32-21-13-15-22(16-14-21)33-30(35)29-23-8-2-1-7-20(23)17-18-34(29)31(36)37-19-28-26-11-5-3-9-24(26)25-10-4-6-12-27(25)28/h1-16,28-29H,17-19,32H2,(H,33,35)/t29-/m0/s1. The fourth-order valence-corrected chi connectivity index (χ4v) is 5.50. The van der Waals surface area contributed by atoms with E-state index in [9.17, 15) is 9.59 Å². The summed E-state index contributed by atoms with van der Waals surface area (Å²) in [6, 6.07) is 30.4. The highest BCUT2D eigenvalue weighted by atomic mass is 16.6. The van der Waals surface area contributed by atoms with E-state index in [0.717, 1.165) is 22.3 Å². The first-order valence-electron chi connectivity index (χ1n) is 12.5. The largest absolute Gasteiger partial charge is 0.448 e. The number of fused-ring (bicyclic) bond motifs is 4. The zero-order chi connectivity index (χ0) is 25.4. The highest BCUT2D eigenvalue weighted by Gasteiger charge is 2.38. The fourth-order valence-electron chi connectivity index (χ4n) is 5.50. The van der Waals surface area contributed by atoms with Crippen molar-refractivity contribution in [3.63, 3.8) is 0 Å². The molecule has 1 aliphatic heterocycles. The molecular weight excluding hydrogens is 462 g/mol. The SMILES string of the molecule is Nc1ccc(NC(=O)[C@@H]2c3ccccc3CCN2C(=O)OCC2c3ccccc3-c3ccccc32)cc1. The number of hydrogen-bond acceptors (Lipinski definition) is 4. The predicted octanol–water partition coefficient (Wildman–Crippen LogP) is 5.76. The number of hydrogen-bond donors (Lipinski definition) is 2. The van der Waals surface area contributed by atoms with E-state index in [0.29, 0.717) is 24.3 Å². The van der Waals surface area contributed by atoms with Crippen molar-refractivity contribution < 1.29 is 14.3 Å². The molecule has 0 fully saturated rings. The Bertz CT molecular complexity index is 1440. The minimum atomic E-state index is -0.793. The third kappa shape index (κ3) is 4.20. The summed E-state index contributed by atoms with van der Waals surface area (Å²) in [5.41, 5.74) is 13.5. The van der Waals surface area contributed by atoms with Gasteiger partial charge in [-0.25, -0.2) is 4.79 Å². The number of amides is 2. The average molecular weight is 490 g/mol. The van der Waals surface area contributed by atoms with Crippen LogP contribution in [0.15, 0.2) is 97.1 Å². The summed E-state index contributed by atoms with van der Waals surface area (Å²) in [4.78, 5) is 28.6. The van der Waals surface area contributed by atoms with Gasteiger partial charge in [0.25, 0.3) is 5.91 Å². The summed E-state index contributed by atoms with van der Waals surface area (Å²) in [7, 11) is 0. The van der Waals surface area contributed by atoms with Crippen LogP contribution >= 0.6 is 0 Å². The van der Waals surface area contributed by atoms with Crippen molar-refractivity contribution in [2.45, 2.75) is 18.4 Å². The van der Waals surface area contributed by atoms with Crippen LogP contribution in [-0.2, 0) is 16.0 Å². The molecule has 2 aliphatic rings. The van der Waals surface area contributed by atoms with Crippen molar-refractivity contribution in [2.24, 2.45) is 0 Å². The van der Waals surface area contributed by atoms with Gasteiger partial charge in [-0.1, -0.05) is 72.8 Å². The molecule has 184 valence electrons. The third-order valence-electron chi connectivity index (χ3n) is 7.28. The number of nitrogens with one attached hydrogen (secondary N) is 1. The summed E-state index contributed by atoms with van der Waals surface area (Å²) >= 11 is 0. The number of benzene rings is 4. The summed E-state index contributed by atoms with van der Waals surface area (Å²) in [5, 5.41) is 2.94. The number of ether oxygens (including phenoxy) is 1. The minimum Gasteiger partial charge on any atom is -0.448 e. The molecule has 6 heteroatoms. The molecule has 6 nitrogen and oxygen atoms in total. The molecule has 3 N–H and O–H groups in total. The maximum Gasteiger partial charge on any atom is 0.410 e. The van der Waals surface area contributed by atoms with E-state index < -0.39 is 12.1 Å². The number of anilines is 2. The van der Waals surface area contributed by atoms with Gasteiger partial charge in [-0.3, -0.25) is 9.69 Å². The Hall–Kier alpha value is -4.58. The van der Waals surface area contributed by atoms with Gasteiger partial charge in [0.1, 0.15) is 12.6 Å². The molecule has 0 bridgehead atoms. The van der Waals surface area contributed by atoms with Gasteiger partial charge in [-0.15, -0.1) is 0 Å². The Morgan fingerprint density at radius 3 is 2.08 bits per heavy atom. The number of carbonyl (C=O) groups is 2. The van der Waals surface area contributed by atoms with Gasteiger partial charge >= 0.3 is 6.09 Å². The van der Waals surface area contributed by atoms with Crippen LogP contribution in [0.1, 0.15) is 34.2 Å². The van der Waals surface area contributed by atoms with Gasteiger partial charge in [0.2, 0.25) is 0 Å². The lowest BCUT2D eigenvalue weighted by Crippen LogP contribution is -2.45. The molecule has 0 spiro atoms. The van der Waals surface area contributed by atoms with Crippen molar-refractivity contribution in [1.82, 2.24) is 4.90 Å². The Morgan fingerprint density at radius 2 is 1.41 bits per heavy atom. The van der Waals surface area contributed by atoms with Gasteiger partial charge in [0.15, 0.2) is 0 Å². The first kappa shape index (κ1) is 22.9. The van der Waals surface area contributed by atoms with Crippen LogP contribution in [0.2, 0.25) is 0 Å². The number of nitrogen functional groups attached to an aromatic ring is 1. The second-order valence-electron chi connectivity index (χ2n) is 9.46. The molecule has 0 saturated heterocycles. The van der Waals surface area contributed by atoms with Crippen LogP contribution in [0.25, 0.3) is 11.1 Å². The van der Waals surface area contributed by atoms with Crippen molar-refractivity contribution in [3.05, 3.63) is 119 Å². The molecule has 2 amide bonds. The normalized spacial score (nSPS) is 15.9. The van der Waals surface area contributed by atoms with Crippen LogP contribution in [0, 0.1) is 0 Å². The lowest BCUT2D eigenvalue weighted by atomic mass is 9.92. The number of nitrogens with zero attached hydrogens (tertiary/aromatic N) is 1. The number of rotatable bonds is 4. The topological polar surface area (TPSA) is 84.7 Å². The van der Waals surface area contributed by atoms with Crippen LogP contribution < -0.4 is 11.1 Å². The van der Waals surface area contributed by atoms with Crippen molar-refractivity contribution >= 4 is 23.4 Å². The van der Waals surface area contributed by atoms with Crippen LogP contribution in [-0.4, -0.2) is 30.1 Å². The van der Waals surface area contributed by atoms with E-state index in [1.165, 1.54) is 11.1 Å². The zero-order valence-electron chi connectivity index (χ0n) is 20.3. The zero-order valence-corrected chi connectivity index (χ0v) is 20.3. The molecule has 4 aromatic rings. The molecule has 0 saturated carbocycles. The highest BCUT2D eigenvalue weighted by molar-refractivity contribution is 5.98. The maximum atomic E-state index is 13.5. The van der Waals surface area contributed by atoms with Crippen LogP contribution in [0.3, 0.4) is 0 Å². The molecule has 0 unspecified atom stereocenters. The minimum absolute atomic E-state index is 0.0459. The summed E-state index contributed by atoms with van der Waals surface area (Å²) in [5.74, 6) is -0.332. The van der Waals surface area contributed by atoms with E-state index in [-0.39, 0.29) is 18.4 Å². The van der Waals surface area contributed by atoms with Gasteiger partial charge in [0.05, 0.1) is 0 Å². The lowest BCUT2D eigenvalue weighted by molar-refractivity contribution is -0.121. The van der Waals surface area contributed by atoms with Crippen LogP contribution in [0.5, 0.6) is 0 Å². The monoisotopic (exact) mass is 489 g/mol. The molecule has 6 rings (SSSR count). The van der Waals surface area contributed by atoms with Gasteiger partial charge in [0, 0.05) is 23.8 Å². The molecule has 1 aliphatic carbocycles. The fraction of sp³-hybridized carbons (Fsp3) is 0.161. The molecular formula is C31H27N3O3. The molecule has 0 radical (unpaired) electrons. The van der Waals surface area contributed by atoms with E-state index in [1.54, 1.807) is 29.2 Å². The number of nitrogens with two attached hydrogens (primary N) is 1. The molecule has 37 heavy (non-hydrogen) atoms. The summed E-state index contributed by atoms with van der Waals surface area (Å²) < 4.78 is 5.93. The second kappa shape index (κ2) is 9.47. The summed E-state index contributed by atoms with van der Waals surface area (Å²) in [6.07, 6.45) is 0.167. The van der Waals surface area contributed by atoms with Crippen molar-refractivity contribution in [3.8, 4) is 11.1 Å². The molecule has 0 aromatic heterocycles. The Balaban J connectivity index is 1.25. The van der Waals surface area contributed by atoms with E-state index in [1.807, 2.05) is 48.5 Å². The Morgan fingerprint density at radius 1 is 0.811 bits per heavy atom. The maximum absolute atomic E-state index is 13.5. The first-order valence-corrected chi connectivity index (χ1v) is 12.5. The van der Waals surface area contributed by atoms with Gasteiger partial charge in [-0.05, 0) is 64.1 Å². The number of carbonyl (C=O) groups excluding carboxylic acids is 2. The highest BCUT2D eigenvalue weighted by Crippen LogP contribution is 2.44. The quantitative estimate of drug-likeness (QED) is 0.357. The first-order chi connectivity index (χ1) is 18.1. The van der Waals surface area contributed by atoms with Crippen molar-refractivity contribution in [1.29, 1.82) is 0 Å². The Labute approximate surface area is 215 Å². The molecule has 4 aromatic carbocycles.